The normalized spacial score (nSPS) is 14.1. The highest BCUT2D eigenvalue weighted by atomic mass is 35.5. The summed E-state index contributed by atoms with van der Waals surface area (Å²) in [5.74, 6) is -0.216. The van der Waals surface area contributed by atoms with E-state index in [1.54, 1.807) is 0 Å². The number of benzene rings is 1. The summed E-state index contributed by atoms with van der Waals surface area (Å²) in [6, 6.07) is 2.32. The minimum absolute atomic E-state index is 0.125. The zero-order chi connectivity index (χ0) is 22.9. The Morgan fingerprint density at radius 1 is 1.21 bits per heavy atom. The predicted molar refractivity (Wildman–Crippen MR) is 118 cm³/mol. The Bertz CT molecular complexity index is 723. The Hall–Kier alpha value is -1.62. The van der Waals surface area contributed by atoms with Gasteiger partial charge in [-0.3, -0.25) is 9.52 Å². The van der Waals surface area contributed by atoms with E-state index in [1.807, 2.05) is 13.8 Å². The van der Waals surface area contributed by atoms with E-state index in [-0.39, 0.29) is 28.4 Å². The van der Waals surface area contributed by atoms with Gasteiger partial charge in [-0.2, -0.15) is 0 Å². The van der Waals surface area contributed by atoms with Crippen molar-refractivity contribution in [3.63, 3.8) is 0 Å². The quantitative estimate of drug-likeness (QED) is 0.560. The van der Waals surface area contributed by atoms with Crippen molar-refractivity contribution in [1.29, 1.82) is 0 Å². The molecule has 0 aliphatic heterocycles. The number of terminal acetylenes is 1. The van der Waals surface area contributed by atoms with Crippen LogP contribution in [0, 0.1) is 36.4 Å². The molecule has 0 heterocycles. The van der Waals surface area contributed by atoms with Crippen molar-refractivity contribution in [3.05, 3.63) is 28.5 Å². The first-order valence-electron chi connectivity index (χ1n) is 9.33. The molecular formula is C21H32ClFN2O3S. The number of nitrogens with one attached hydrogen (secondary N) is 1. The third-order valence-corrected chi connectivity index (χ3v) is 5.86. The van der Waals surface area contributed by atoms with Crippen molar-refractivity contribution in [3.8, 4) is 18.6 Å². The number of hydrogen-bond donors (Lipinski definition) is 1. The van der Waals surface area contributed by atoms with Crippen molar-refractivity contribution >= 4 is 28.7 Å². The summed E-state index contributed by atoms with van der Waals surface area (Å²) in [6.45, 7) is 10.5. The summed E-state index contributed by atoms with van der Waals surface area (Å²) in [5, 5.41) is 0.139. The van der Waals surface area contributed by atoms with E-state index in [1.165, 1.54) is 24.5 Å². The van der Waals surface area contributed by atoms with Gasteiger partial charge in [-0.1, -0.05) is 46.2 Å². The molecule has 0 spiro atoms. The summed E-state index contributed by atoms with van der Waals surface area (Å²) >= 11 is 4.48. The molecule has 1 rings (SSSR count). The standard InChI is InChI=1S/C19H30ClFN2O3S.C2H2/c1-11(2)13(5)8-17(12(3)4)26-18-10-16(21)14(9-15(18)20)19(24)22-27(25)23(6)7;1-2/h9-13,17H,8H2,1-7H3,(H,22,24);1-2H/t13?,17-,27?;/m1./s1. The molecule has 1 N–H and O–H groups in total. The molecule has 2 unspecified atom stereocenters. The fraction of sp³-hybridized carbons (Fsp3) is 0.571. The average molecular weight is 447 g/mol. The van der Waals surface area contributed by atoms with Crippen molar-refractivity contribution in [1.82, 2.24) is 9.03 Å². The molecule has 164 valence electrons. The summed E-state index contributed by atoms with van der Waals surface area (Å²) in [6.07, 6.45) is 8.69. The van der Waals surface area contributed by atoms with Gasteiger partial charge in [-0.15, -0.1) is 12.8 Å². The van der Waals surface area contributed by atoms with E-state index < -0.39 is 22.9 Å². The van der Waals surface area contributed by atoms with E-state index >= 15 is 0 Å². The van der Waals surface area contributed by atoms with Crippen LogP contribution in [0.4, 0.5) is 4.39 Å². The molecule has 8 heteroatoms. The Morgan fingerprint density at radius 2 is 1.76 bits per heavy atom. The van der Waals surface area contributed by atoms with Gasteiger partial charge in [0.15, 0.2) is 11.2 Å². The van der Waals surface area contributed by atoms with Gasteiger partial charge in [-0.05, 0) is 30.2 Å². The molecule has 0 aromatic heterocycles. The number of carbonyl (C=O) groups excluding carboxylic acids is 1. The Morgan fingerprint density at radius 3 is 2.21 bits per heavy atom. The summed E-state index contributed by atoms with van der Waals surface area (Å²) in [4.78, 5) is 12.1. The van der Waals surface area contributed by atoms with Crippen LogP contribution < -0.4 is 9.46 Å². The van der Waals surface area contributed by atoms with E-state index in [9.17, 15) is 13.4 Å². The summed E-state index contributed by atoms with van der Waals surface area (Å²) < 4.78 is 35.6. The van der Waals surface area contributed by atoms with Crippen LogP contribution in [0.1, 0.15) is 51.4 Å². The van der Waals surface area contributed by atoms with Gasteiger partial charge >= 0.3 is 0 Å². The molecule has 0 bridgehead atoms. The number of carbonyl (C=O) groups is 1. The number of amides is 1. The first-order valence-corrected chi connectivity index (χ1v) is 10.8. The molecule has 3 atom stereocenters. The second-order valence-corrected chi connectivity index (χ2v) is 9.45. The molecule has 29 heavy (non-hydrogen) atoms. The van der Waals surface area contributed by atoms with Crippen LogP contribution in [-0.2, 0) is 11.2 Å². The van der Waals surface area contributed by atoms with Gasteiger partial charge < -0.3 is 4.74 Å². The second-order valence-electron chi connectivity index (χ2n) is 7.61. The van der Waals surface area contributed by atoms with Gasteiger partial charge in [-0.25, -0.2) is 12.9 Å². The number of rotatable bonds is 9. The summed E-state index contributed by atoms with van der Waals surface area (Å²) in [5.41, 5.74) is -0.279. The predicted octanol–water partition coefficient (Wildman–Crippen LogP) is 4.68. The van der Waals surface area contributed by atoms with E-state index in [0.29, 0.717) is 11.8 Å². The first-order chi connectivity index (χ1) is 13.4. The first kappa shape index (κ1) is 27.4. The highest BCUT2D eigenvalue weighted by Crippen LogP contribution is 2.32. The van der Waals surface area contributed by atoms with Crippen LogP contribution in [0.5, 0.6) is 5.75 Å². The molecular weight excluding hydrogens is 415 g/mol. The Balaban J connectivity index is 0.00000379. The highest BCUT2D eigenvalue weighted by Gasteiger charge is 2.24. The monoisotopic (exact) mass is 446 g/mol. The molecule has 0 saturated carbocycles. The average Bonchev–Trinajstić information content (AvgIpc) is 2.64. The van der Waals surface area contributed by atoms with Crippen LogP contribution in [0.2, 0.25) is 5.02 Å². The topological polar surface area (TPSA) is 58.6 Å². The van der Waals surface area contributed by atoms with Crippen LogP contribution in [-0.4, -0.2) is 34.6 Å². The smallest absolute Gasteiger partial charge is 0.266 e. The van der Waals surface area contributed by atoms with E-state index in [4.69, 9.17) is 16.3 Å². The number of hydrogen-bond acceptors (Lipinski definition) is 3. The third-order valence-electron chi connectivity index (χ3n) is 4.54. The van der Waals surface area contributed by atoms with Crippen molar-refractivity contribution < 1.29 is 18.1 Å². The number of halogens is 2. The molecule has 0 aliphatic rings. The lowest BCUT2D eigenvalue weighted by Crippen LogP contribution is -2.34. The zero-order valence-corrected chi connectivity index (χ0v) is 19.7. The fourth-order valence-corrected chi connectivity index (χ4v) is 2.94. The zero-order valence-electron chi connectivity index (χ0n) is 18.2. The van der Waals surface area contributed by atoms with Crippen LogP contribution in [0.3, 0.4) is 0 Å². The second kappa shape index (κ2) is 12.8. The minimum Gasteiger partial charge on any atom is -0.488 e. The minimum atomic E-state index is -1.76. The lowest BCUT2D eigenvalue weighted by atomic mass is 9.88. The van der Waals surface area contributed by atoms with E-state index in [0.717, 1.165) is 12.5 Å². The van der Waals surface area contributed by atoms with Gasteiger partial charge in [0.1, 0.15) is 17.7 Å². The number of nitrogens with zero attached hydrogens (tertiary/aromatic N) is 1. The molecule has 1 amide bonds. The molecule has 5 nitrogen and oxygen atoms in total. The maximum atomic E-state index is 14.5. The SMILES string of the molecule is C#C.CC(C)C(C)C[C@@H](Oc1cc(F)c(C(=O)NS(=O)N(C)C)cc1Cl)C(C)C. The van der Waals surface area contributed by atoms with Crippen molar-refractivity contribution in [2.45, 2.75) is 47.1 Å². The number of ether oxygens (including phenoxy) is 1. The Labute approximate surface area is 182 Å². The van der Waals surface area contributed by atoms with Gasteiger partial charge in [0, 0.05) is 20.2 Å². The third kappa shape index (κ3) is 8.73. The molecule has 0 fully saturated rings. The van der Waals surface area contributed by atoms with Gasteiger partial charge in [0.2, 0.25) is 0 Å². The Kier molecular flexibility index (Phi) is 12.1. The maximum Gasteiger partial charge on any atom is 0.266 e. The molecule has 0 saturated heterocycles. The summed E-state index contributed by atoms with van der Waals surface area (Å²) in [7, 11) is 3.06. The largest absolute Gasteiger partial charge is 0.488 e. The van der Waals surface area contributed by atoms with Crippen LogP contribution in [0.15, 0.2) is 12.1 Å². The lowest BCUT2D eigenvalue weighted by molar-refractivity contribution is 0.0976. The maximum absolute atomic E-state index is 14.5. The molecule has 0 radical (unpaired) electrons. The fourth-order valence-electron chi connectivity index (χ4n) is 2.28. The molecule has 1 aromatic carbocycles. The van der Waals surface area contributed by atoms with Gasteiger partial charge in [0.05, 0.1) is 10.6 Å². The van der Waals surface area contributed by atoms with E-state index in [2.05, 4.69) is 38.3 Å². The van der Waals surface area contributed by atoms with Crippen LogP contribution >= 0.6 is 11.6 Å². The van der Waals surface area contributed by atoms with Crippen molar-refractivity contribution in [2.24, 2.45) is 17.8 Å². The van der Waals surface area contributed by atoms with Gasteiger partial charge in [0.25, 0.3) is 5.91 Å². The molecule has 0 aliphatic carbocycles. The van der Waals surface area contributed by atoms with Crippen molar-refractivity contribution in [2.75, 3.05) is 14.1 Å². The highest BCUT2D eigenvalue weighted by molar-refractivity contribution is 7.81. The molecule has 1 aromatic rings. The lowest BCUT2D eigenvalue weighted by Gasteiger charge is -2.27. The van der Waals surface area contributed by atoms with Crippen LogP contribution in [0.25, 0.3) is 0 Å².